The Labute approximate surface area is 176 Å². The fourth-order valence-electron chi connectivity index (χ4n) is 2.60. The summed E-state index contributed by atoms with van der Waals surface area (Å²) in [4.78, 5) is 37.1. The van der Waals surface area contributed by atoms with Crippen LogP contribution < -0.4 is 10.6 Å². The van der Waals surface area contributed by atoms with Gasteiger partial charge in [0.25, 0.3) is 0 Å². The quantitative estimate of drug-likeness (QED) is 0.491. The van der Waals surface area contributed by atoms with Gasteiger partial charge in [0, 0.05) is 38.3 Å². The number of carbonyl (C=O) groups is 3. The summed E-state index contributed by atoms with van der Waals surface area (Å²) in [6, 6.07) is 16.5. The molecule has 0 bridgehead atoms. The lowest BCUT2D eigenvalue weighted by Gasteiger charge is -2.18. The second-order valence-corrected chi connectivity index (χ2v) is 6.58. The van der Waals surface area contributed by atoms with Gasteiger partial charge in [0.2, 0.25) is 5.91 Å². The first-order valence-corrected chi connectivity index (χ1v) is 9.75. The molecule has 2 aromatic carbocycles. The molecule has 2 N–H and O–H groups in total. The van der Waals surface area contributed by atoms with Crippen LogP contribution in [0.5, 0.6) is 0 Å². The largest absolute Gasteiger partial charge is 0.463 e. The molecular weight excluding hydrogens is 382 g/mol. The van der Waals surface area contributed by atoms with Gasteiger partial charge in [-0.25, -0.2) is 9.59 Å². The Morgan fingerprint density at radius 2 is 1.73 bits per heavy atom. The number of carbonyl (C=O) groups excluding carboxylic acids is 3. The van der Waals surface area contributed by atoms with E-state index in [1.165, 1.54) is 6.08 Å². The number of amides is 3. The molecule has 0 unspecified atom stereocenters. The van der Waals surface area contributed by atoms with Crippen LogP contribution in [0.25, 0.3) is 6.08 Å². The van der Waals surface area contributed by atoms with Gasteiger partial charge < -0.3 is 20.3 Å². The molecule has 0 heterocycles. The maximum absolute atomic E-state index is 12.1. The molecule has 158 valence electrons. The molecule has 0 aliphatic rings. The van der Waals surface area contributed by atoms with Crippen LogP contribution >= 0.6 is 0 Å². The average molecular weight is 409 g/mol. The fourth-order valence-corrected chi connectivity index (χ4v) is 2.60. The number of hydrogen-bond acceptors (Lipinski definition) is 4. The molecule has 2 rings (SSSR count). The van der Waals surface area contributed by atoms with Crippen LogP contribution in [-0.2, 0) is 20.9 Å². The van der Waals surface area contributed by atoms with E-state index in [2.05, 4.69) is 10.6 Å². The summed E-state index contributed by atoms with van der Waals surface area (Å²) < 4.78 is 4.82. The number of esters is 1. The Bertz CT molecular complexity index is 864. The third-order valence-electron chi connectivity index (χ3n) is 4.13. The summed E-state index contributed by atoms with van der Waals surface area (Å²) in [5.41, 5.74) is 2.49. The summed E-state index contributed by atoms with van der Waals surface area (Å²) in [5, 5.41) is 5.52. The van der Waals surface area contributed by atoms with Gasteiger partial charge in [0.05, 0.1) is 6.61 Å². The van der Waals surface area contributed by atoms with E-state index in [4.69, 9.17) is 4.74 Å². The lowest BCUT2D eigenvalue weighted by Crippen LogP contribution is -2.38. The number of rotatable bonds is 9. The van der Waals surface area contributed by atoms with Crippen LogP contribution in [0.15, 0.2) is 60.7 Å². The van der Waals surface area contributed by atoms with Crippen molar-refractivity contribution in [3.63, 3.8) is 0 Å². The highest BCUT2D eigenvalue weighted by molar-refractivity contribution is 5.91. The summed E-state index contributed by atoms with van der Waals surface area (Å²) >= 11 is 0. The van der Waals surface area contributed by atoms with Crippen molar-refractivity contribution in [2.75, 3.05) is 25.5 Å². The van der Waals surface area contributed by atoms with E-state index in [-0.39, 0.29) is 24.9 Å². The number of nitrogens with zero attached hydrogens (tertiary/aromatic N) is 1. The van der Waals surface area contributed by atoms with Crippen LogP contribution in [-0.4, -0.2) is 43.0 Å². The van der Waals surface area contributed by atoms with Crippen LogP contribution in [0, 0.1) is 0 Å². The third kappa shape index (κ3) is 8.18. The second kappa shape index (κ2) is 12.1. The molecule has 7 nitrogen and oxygen atoms in total. The second-order valence-electron chi connectivity index (χ2n) is 6.58. The van der Waals surface area contributed by atoms with Crippen LogP contribution in [0.3, 0.4) is 0 Å². The molecule has 0 aromatic heterocycles. The minimum absolute atomic E-state index is 0.162. The summed E-state index contributed by atoms with van der Waals surface area (Å²) in [6.45, 7) is 2.82. The SMILES string of the molecule is CCOC(=O)/C=C/c1ccc(NC(=O)CCNC(=O)N(C)Cc2ccccc2)cc1. The minimum atomic E-state index is -0.397. The number of anilines is 1. The molecule has 30 heavy (non-hydrogen) atoms. The molecule has 2 aromatic rings. The van der Waals surface area contributed by atoms with Gasteiger partial charge in [-0.1, -0.05) is 42.5 Å². The average Bonchev–Trinajstić information content (AvgIpc) is 2.74. The highest BCUT2D eigenvalue weighted by atomic mass is 16.5. The van der Waals surface area contributed by atoms with Crippen molar-refractivity contribution < 1.29 is 19.1 Å². The van der Waals surface area contributed by atoms with Crippen molar-refractivity contribution in [2.45, 2.75) is 19.9 Å². The smallest absolute Gasteiger partial charge is 0.330 e. The Kier molecular flexibility index (Phi) is 9.12. The van der Waals surface area contributed by atoms with E-state index in [1.54, 1.807) is 49.2 Å². The van der Waals surface area contributed by atoms with Crippen molar-refractivity contribution in [3.8, 4) is 0 Å². The molecule has 0 aliphatic carbocycles. The molecule has 0 spiro atoms. The zero-order valence-electron chi connectivity index (χ0n) is 17.3. The van der Waals surface area contributed by atoms with E-state index in [0.29, 0.717) is 18.8 Å². The van der Waals surface area contributed by atoms with Crippen molar-refractivity contribution >= 4 is 29.7 Å². The Balaban J connectivity index is 1.71. The molecule has 0 saturated carbocycles. The monoisotopic (exact) mass is 409 g/mol. The first-order valence-electron chi connectivity index (χ1n) is 9.75. The summed E-state index contributed by atoms with van der Waals surface area (Å²) in [5.74, 6) is -0.595. The summed E-state index contributed by atoms with van der Waals surface area (Å²) in [6.07, 6.45) is 3.16. The van der Waals surface area contributed by atoms with Gasteiger partial charge >= 0.3 is 12.0 Å². The van der Waals surface area contributed by atoms with Crippen LogP contribution in [0.4, 0.5) is 10.5 Å². The van der Waals surface area contributed by atoms with Gasteiger partial charge in [-0.2, -0.15) is 0 Å². The molecular formula is C23H27N3O4. The number of benzene rings is 2. The molecule has 0 saturated heterocycles. The Hall–Kier alpha value is -3.61. The van der Waals surface area contributed by atoms with Crippen molar-refractivity contribution in [1.82, 2.24) is 10.2 Å². The topological polar surface area (TPSA) is 87.7 Å². The maximum atomic E-state index is 12.1. The lowest BCUT2D eigenvalue weighted by molar-refractivity contribution is -0.137. The maximum Gasteiger partial charge on any atom is 0.330 e. The van der Waals surface area contributed by atoms with Crippen molar-refractivity contribution in [3.05, 3.63) is 71.8 Å². The number of urea groups is 1. The predicted molar refractivity (Wildman–Crippen MR) is 117 cm³/mol. The van der Waals surface area contributed by atoms with Crippen molar-refractivity contribution in [1.29, 1.82) is 0 Å². The van der Waals surface area contributed by atoms with Gasteiger partial charge in [0.15, 0.2) is 0 Å². The minimum Gasteiger partial charge on any atom is -0.463 e. The van der Waals surface area contributed by atoms with E-state index in [1.807, 2.05) is 30.3 Å². The van der Waals surface area contributed by atoms with Crippen LogP contribution in [0.1, 0.15) is 24.5 Å². The normalized spacial score (nSPS) is 10.5. The van der Waals surface area contributed by atoms with Crippen LogP contribution in [0.2, 0.25) is 0 Å². The van der Waals surface area contributed by atoms with E-state index < -0.39 is 5.97 Å². The zero-order chi connectivity index (χ0) is 21.8. The highest BCUT2D eigenvalue weighted by Crippen LogP contribution is 2.11. The van der Waals surface area contributed by atoms with Gasteiger partial charge in [-0.05, 0) is 36.3 Å². The molecule has 0 aliphatic heterocycles. The number of hydrogen-bond donors (Lipinski definition) is 2. The van der Waals surface area contributed by atoms with Gasteiger partial charge in [-0.15, -0.1) is 0 Å². The first kappa shape index (κ1) is 22.7. The van der Waals surface area contributed by atoms with Gasteiger partial charge in [-0.3, -0.25) is 4.79 Å². The van der Waals surface area contributed by atoms with E-state index >= 15 is 0 Å². The molecule has 3 amide bonds. The van der Waals surface area contributed by atoms with E-state index in [9.17, 15) is 14.4 Å². The third-order valence-corrected chi connectivity index (χ3v) is 4.13. The number of ether oxygens (including phenoxy) is 1. The zero-order valence-corrected chi connectivity index (χ0v) is 17.3. The van der Waals surface area contributed by atoms with Crippen molar-refractivity contribution in [2.24, 2.45) is 0 Å². The van der Waals surface area contributed by atoms with E-state index in [0.717, 1.165) is 11.1 Å². The van der Waals surface area contributed by atoms with Gasteiger partial charge in [0.1, 0.15) is 0 Å². The Morgan fingerprint density at radius 1 is 1.03 bits per heavy atom. The standard InChI is InChI=1S/C23H27N3O4/c1-3-30-22(28)14-11-18-9-12-20(13-10-18)25-21(27)15-16-24-23(29)26(2)17-19-7-5-4-6-8-19/h4-14H,3,15-17H2,1-2H3,(H,24,29)(H,25,27)/b14-11+. The Morgan fingerprint density at radius 3 is 2.40 bits per heavy atom. The molecule has 0 radical (unpaired) electrons. The predicted octanol–water partition coefficient (Wildman–Crippen LogP) is 3.43. The first-order chi connectivity index (χ1) is 14.5. The highest BCUT2D eigenvalue weighted by Gasteiger charge is 2.09. The fraction of sp³-hybridized carbons (Fsp3) is 0.261. The molecule has 7 heteroatoms. The summed E-state index contributed by atoms with van der Waals surface area (Å²) in [7, 11) is 1.71. The number of nitrogens with one attached hydrogen (secondary N) is 2. The molecule has 0 atom stereocenters. The lowest BCUT2D eigenvalue weighted by atomic mass is 10.2. The molecule has 0 fully saturated rings.